The van der Waals surface area contributed by atoms with Gasteiger partial charge in [-0.15, -0.1) is 6.61 Å². The molecule has 92 valence electrons. The van der Waals surface area contributed by atoms with E-state index in [9.17, 15) is 15.0 Å². The van der Waals surface area contributed by atoms with Crippen molar-refractivity contribution in [1.29, 1.82) is 0 Å². The zero-order chi connectivity index (χ0) is 11.9. The normalized spacial score (nSPS) is 8.44. The van der Waals surface area contributed by atoms with Crippen LogP contribution < -0.4 is 10.2 Å². The molecule has 0 bridgehead atoms. The molecule has 0 fully saturated rings. The molecule has 0 saturated heterocycles. The van der Waals surface area contributed by atoms with Gasteiger partial charge in [0.2, 0.25) is 0 Å². The molecule has 0 atom stereocenters. The first-order valence-electron chi connectivity index (χ1n) is 4.76. The Hall–Kier alpha value is -0.0838. The maximum Gasteiger partial charge on any atom is 2.00 e. The summed E-state index contributed by atoms with van der Waals surface area (Å²) in [6.07, 6.45) is -1.50. The maximum atomic E-state index is 9.57. The third-order valence-corrected chi connectivity index (χ3v) is 1.08. The third-order valence-electron chi connectivity index (χ3n) is 1.08. The number of hydrogen-bond donors (Lipinski definition) is 0. The first-order chi connectivity index (χ1) is 7.18. The van der Waals surface area contributed by atoms with Gasteiger partial charge in [0.05, 0.1) is 13.2 Å². The van der Waals surface area contributed by atoms with Gasteiger partial charge in [-0.1, -0.05) is 0 Å². The van der Waals surface area contributed by atoms with Crippen molar-refractivity contribution in [3.8, 4) is 0 Å². The molecular formula is C9H18MgO6. The average Bonchev–Trinajstić information content (AvgIpc) is 2.22. The molecule has 0 N–H and O–H groups in total. The van der Waals surface area contributed by atoms with E-state index >= 15 is 0 Å². The van der Waals surface area contributed by atoms with Gasteiger partial charge in [-0.05, 0) is 13.8 Å². The van der Waals surface area contributed by atoms with Crippen LogP contribution in [0, 0.1) is 0 Å². The van der Waals surface area contributed by atoms with Crippen molar-refractivity contribution in [3.05, 3.63) is 0 Å². The smallest absolute Gasteiger partial charge is 0.853 e. The van der Waals surface area contributed by atoms with Crippen LogP contribution in [0.4, 0.5) is 4.79 Å². The fourth-order valence-corrected chi connectivity index (χ4v) is 0.532. The molecule has 0 aliphatic rings. The van der Waals surface area contributed by atoms with Crippen molar-refractivity contribution in [1.82, 2.24) is 0 Å². The molecule has 6 nitrogen and oxygen atoms in total. The second kappa shape index (κ2) is 20.3. The summed E-state index contributed by atoms with van der Waals surface area (Å²) in [4.78, 5) is 9.57. The molecule has 0 aromatic carbocycles. The van der Waals surface area contributed by atoms with E-state index in [1.54, 1.807) is 0 Å². The summed E-state index contributed by atoms with van der Waals surface area (Å²) in [5.41, 5.74) is 0. The molecule has 7 heteroatoms. The Morgan fingerprint density at radius 2 is 1.56 bits per heavy atom. The molecule has 0 aromatic rings. The van der Waals surface area contributed by atoms with Gasteiger partial charge >= 0.3 is 23.1 Å². The van der Waals surface area contributed by atoms with Crippen LogP contribution in [0.3, 0.4) is 0 Å². The van der Waals surface area contributed by atoms with E-state index in [0.29, 0.717) is 26.4 Å². The number of carbonyl (C=O) groups excluding carboxylic acids is 1. The average molecular weight is 247 g/mol. The molecule has 16 heavy (non-hydrogen) atoms. The zero-order valence-corrected chi connectivity index (χ0v) is 11.3. The van der Waals surface area contributed by atoms with Crippen LogP contribution in [-0.4, -0.2) is 68.8 Å². The second-order valence-electron chi connectivity index (χ2n) is 2.20. The van der Waals surface area contributed by atoms with Gasteiger partial charge in [0, 0.05) is 19.8 Å². The maximum absolute atomic E-state index is 9.57. The Kier molecular flexibility index (Phi) is 27.0. The van der Waals surface area contributed by atoms with Crippen LogP contribution >= 0.6 is 0 Å². The monoisotopic (exact) mass is 246 g/mol. The summed E-state index contributed by atoms with van der Waals surface area (Å²) >= 11 is 0. The van der Waals surface area contributed by atoms with Crippen LogP contribution in [0.2, 0.25) is 0 Å². The van der Waals surface area contributed by atoms with E-state index in [0.717, 1.165) is 0 Å². The Balaban J connectivity index is -0.000000214. The van der Waals surface area contributed by atoms with Gasteiger partial charge in [0.15, 0.2) is 0 Å². The topological polar surface area (TPSA) is 90.9 Å². The zero-order valence-electron chi connectivity index (χ0n) is 9.90. The minimum absolute atomic E-state index is 0. The number of ether oxygens (including phenoxy) is 3. The van der Waals surface area contributed by atoms with Crippen LogP contribution in [-0.2, 0) is 14.2 Å². The summed E-state index contributed by atoms with van der Waals surface area (Å²) in [6.45, 7) is 5.50. The summed E-state index contributed by atoms with van der Waals surface area (Å²) in [6, 6.07) is 0. The fraction of sp³-hybridized carbons (Fsp3) is 0.889. The standard InChI is InChI=1S/C5H10O4.C4H9O2.Mg/c1-2-8-3-4-9-5(6)7;1-2-6-4-3-5;/h2-4H2,1H3,(H,6,7);2-4H2,1H3;/q;-1;+2/p-1. The Morgan fingerprint density at radius 3 is 1.88 bits per heavy atom. The summed E-state index contributed by atoms with van der Waals surface area (Å²) in [7, 11) is 0. The summed E-state index contributed by atoms with van der Waals surface area (Å²) in [5, 5.41) is 19.1. The molecule has 0 rings (SSSR count). The van der Waals surface area contributed by atoms with E-state index in [1.165, 1.54) is 0 Å². The molecular weight excluding hydrogens is 228 g/mol. The first-order valence-corrected chi connectivity index (χ1v) is 4.76. The predicted molar refractivity (Wildman–Crippen MR) is 55.0 cm³/mol. The van der Waals surface area contributed by atoms with Crippen molar-refractivity contribution < 1.29 is 29.2 Å². The molecule has 0 aliphatic carbocycles. The number of carbonyl (C=O) groups is 1. The first kappa shape index (κ1) is 21.2. The largest absolute Gasteiger partial charge is 2.00 e. The van der Waals surface area contributed by atoms with Crippen LogP contribution in [0.5, 0.6) is 0 Å². The minimum atomic E-state index is -1.50. The molecule has 0 spiro atoms. The van der Waals surface area contributed by atoms with Crippen LogP contribution in [0.25, 0.3) is 0 Å². The molecule has 0 heterocycles. The third kappa shape index (κ3) is 29.2. The van der Waals surface area contributed by atoms with E-state index in [1.807, 2.05) is 13.8 Å². The number of rotatable bonds is 7. The number of hydrogen-bond acceptors (Lipinski definition) is 6. The van der Waals surface area contributed by atoms with Gasteiger partial charge in [-0.3, -0.25) is 0 Å². The van der Waals surface area contributed by atoms with E-state index in [2.05, 4.69) is 9.47 Å². The summed E-state index contributed by atoms with van der Waals surface area (Å²) < 4.78 is 13.5. The van der Waals surface area contributed by atoms with E-state index in [4.69, 9.17) is 4.74 Å². The fourth-order valence-electron chi connectivity index (χ4n) is 0.532. The van der Waals surface area contributed by atoms with Gasteiger partial charge < -0.3 is 29.2 Å². The van der Waals surface area contributed by atoms with Crippen LogP contribution in [0.15, 0.2) is 0 Å². The van der Waals surface area contributed by atoms with Crippen molar-refractivity contribution in [3.63, 3.8) is 0 Å². The van der Waals surface area contributed by atoms with Gasteiger partial charge in [-0.2, -0.15) is 0 Å². The predicted octanol–water partition coefficient (Wildman–Crippen LogP) is -1.61. The quantitative estimate of drug-likeness (QED) is 0.305. The molecule has 0 unspecified atom stereocenters. The molecule has 0 saturated carbocycles. The van der Waals surface area contributed by atoms with E-state index < -0.39 is 6.16 Å². The minimum Gasteiger partial charge on any atom is -0.853 e. The second-order valence-corrected chi connectivity index (χ2v) is 2.20. The van der Waals surface area contributed by atoms with E-state index in [-0.39, 0.29) is 36.3 Å². The Labute approximate surface area is 112 Å². The Bertz CT molecular complexity index is 129. The van der Waals surface area contributed by atoms with Crippen molar-refractivity contribution in [2.24, 2.45) is 0 Å². The van der Waals surface area contributed by atoms with Crippen LogP contribution in [0.1, 0.15) is 13.8 Å². The van der Waals surface area contributed by atoms with Gasteiger partial charge in [0.1, 0.15) is 0 Å². The Morgan fingerprint density at radius 1 is 1.06 bits per heavy atom. The van der Waals surface area contributed by atoms with Gasteiger partial charge in [-0.25, -0.2) is 0 Å². The molecule has 0 aromatic heterocycles. The SMILES string of the molecule is CCOCCOC(=O)[O-].CCOCC[O-].[Mg+2]. The van der Waals surface area contributed by atoms with Crippen molar-refractivity contribution in [2.75, 3.05) is 39.6 Å². The molecule has 0 aliphatic heterocycles. The summed E-state index contributed by atoms with van der Waals surface area (Å²) in [5.74, 6) is 0. The molecule has 0 radical (unpaired) electrons. The number of carboxylic acid groups (broad SMARTS) is 1. The van der Waals surface area contributed by atoms with Gasteiger partial charge in [0.25, 0.3) is 6.16 Å². The molecule has 0 amide bonds. The van der Waals surface area contributed by atoms with Crippen molar-refractivity contribution >= 4 is 29.2 Å². The van der Waals surface area contributed by atoms with Crippen molar-refractivity contribution in [2.45, 2.75) is 13.8 Å².